The molecule has 0 N–H and O–H groups in total. The Morgan fingerprint density at radius 1 is 1.10 bits per heavy atom. The molecule has 3 rings (SSSR count). The Hall–Kier alpha value is -1.05. The van der Waals surface area contributed by atoms with Gasteiger partial charge in [0, 0.05) is 6.54 Å². The largest absolute Gasteiger partial charge is 0.302 e. The first kappa shape index (κ1) is 13.9. The van der Waals surface area contributed by atoms with Crippen LogP contribution in [0, 0.1) is 5.92 Å². The van der Waals surface area contributed by atoms with E-state index in [1.807, 2.05) is 0 Å². The highest BCUT2D eigenvalue weighted by molar-refractivity contribution is 6.21. The van der Waals surface area contributed by atoms with E-state index in [1.54, 1.807) is 0 Å². The zero-order chi connectivity index (χ0) is 13.9. The molecule has 1 fully saturated rings. The molecule has 2 aromatic rings. The minimum absolute atomic E-state index is 0.0908. The van der Waals surface area contributed by atoms with E-state index in [0.29, 0.717) is 0 Å². The first-order chi connectivity index (χ1) is 9.72. The smallest absolute Gasteiger partial charge is 0.0712 e. The van der Waals surface area contributed by atoms with Crippen LogP contribution >= 0.6 is 11.6 Å². The van der Waals surface area contributed by atoms with Crippen LogP contribution in [0.3, 0.4) is 0 Å². The van der Waals surface area contributed by atoms with Gasteiger partial charge in [0.15, 0.2) is 0 Å². The number of nitrogens with zero attached hydrogens (tertiary/aromatic N) is 1. The number of fused-ring (bicyclic) bond motifs is 1. The lowest BCUT2D eigenvalue weighted by Gasteiger charge is -2.31. The van der Waals surface area contributed by atoms with Gasteiger partial charge in [-0.3, -0.25) is 0 Å². The molecule has 1 aliphatic heterocycles. The summed E-state index contributed by atoms with van der Waals surface area (Å²) in [6.45, 7) is 5.70. The molecule has 0 aliphatic carbocycles. The van der Waals surface area contributed by atoms with Gasteiger partial charge >= 0.3 is 0 Å². The third-order valence-corrected chi connectivity index (χ3v) is 4.82. The number of alkyl halides is 1. The van der Waals surface area contributed by atoms with Gasteiger partial charge in [-0.25, -0.2) is 0 Å². The van der Waals surface area contributed by atoms with E-state index in [2.05, 4.69) is 54.3 Å². The summed E-state index contributed by atoms with van der Waals surface area (Å²) in [7, 11) is 0. The molecule has 1 aliphatic rings. The summed E-state index contributed by atoms with van der Waals surface area (Å²) >= 11 is 6.63. The summed E-state index contributed by atoms with van der Waals surface area (Å²) in [5.41, 5.74) is 1.24. The van der Waals surface area contributed by atoms with E-state index in [9.17, 15) is 0 Å². The lowest BCUT2D eigenvalue weighted by atomic mass is 9.98. The molecule has 20 heavy (non-hydrogen) atoms. The van der Waals surface area contributed by atoms with Gasteiger partial charge in [0.25, 0.3) is 0 Å². The Morgan fingerprint density at radius 3 is 2.55 bits per heavy atom. The molecule has 1 heterocycles. The summed E-state index contributed by atoms with van der Waals surface area (Å²) in [6.07, 6.45) is 2.61. The van der Waals surface area contributed by atoms with Gasteiger partial charge in [0.2, 0.25) is 0 Å². The van der Waals surface area contributed by atoms with Crippen molar-refractivity contribution in [3.8, 4) is 0 Å². The summed E-state index contributed by atoms with van der Waals surface area (Å²) < 4.78 is 0. The molecule has 0 radical (unpaired) electrons. The Balaban J connectivity index is 1.70. The Morgan fingerprint density at radius 2 is 1.80 bits per heavy atom. The van der Waals surface area contributed by atoms with Crippen LogP contribution in [-0.2, 0) is 0 Å². The fourth-order valence-corrected chi connectivity index (χ4v) is 3.31. The number of benzene rings is 2. The zero-order valence-electron chi connectivity index (χ0n) is 12.1. The van der Waals surface area contributed by atoms with E-state index >= 15 is 0 Å². The maximum Gasteiger partial charge on any atom is 0.0712 e. The van der Waals surface area contributed by atoms with Gasteiger partial charge in [0.1, 0.15) is 0 Å². The van der Waals surface area contributed by atoms with E-state index in [4.69, 9.17) is 11.6 Å². The molecule has 106 valence electrons. The van der Waals surface area contributed by atoms with Crippen molar-refractivity contribution in [2.75, 3.05) is 19.6 Å². The molecule has 1 unspecified atom stereocenters. The van der Waals surface area contributed by atoms with Crippen molar-refractivity contribution < 1.29 is 0 Å². The van der Waals surface area contributed by atoms with E-state index in [1.165, 1.54) is 42.3 Å². The third kappa shape index (κ3) is 3.16. The normalized spacial score (nSPS) is 19.3. The number of hydrogen-bond acceptors (Lipinski definition) is 1. The zero-order valence-corrected chi connectivity index (χ0v) is 12.8. The van der Waals surface area contributed by atoms with Crippen molar-refractivity contribution in [2.24, 2.45) is 5.92 Å². The fraction of sp³-hybridized carbons (Fsp3) is 0.444. The number of rotatable bonds is 3. The Labute approximate surface area is 126 Å². The minimum atomic E-state index is 0.0908. The Kier molecular flexibility index (Phi) is 4.28. The van der Waals surface area contributed by atoms with Gasteiger partial charge in [-0.05, 0) is 54.3 Å². The molecule has 1 atom stereocenters. The lowest BCUT2D eigenvalue weighted by molar-refractivity contribution is 0.192. The van der Waals surface area contributed by atoms with Crippen LogP contribution in [0.5, 0.6) is 0 Å². The van der Waals surface area contributed by atoms with E-state index in [-0.39, 0.29) is 5.38 Å². The van der Waals surface area contributed by atoms with Crippen molar-refractivity contribution in [1.29, 1.82) is 0 Å². The highest BCUT2D eigenvalue weighted by Crippen LogP contribution is 2.27. The van der Waals surface area contributed by atoms with Gasteiger partial charge in [-0.1, -0.05) is 43.3 Å². The second-order valence-corrected chi connectivity index (χ2v) is 6.58. The van der Waals surface area contributed by atoms with Crippen LogP contribution in [0.1, 0.15) is 30.7 Å². The van der Waals surface area contributed by atoms with Crippen LogP contribution in [0.2, 0.25) is 0 Å². The van der Waals surface area contributed by atoms with Crippen LogP contribution in [0.4, 0.5) is 0 Å². The van der Waals surface area contributed by atoms with Crippen molar-refractivity contribution in [2.45, 2.75) is 25.1 Å². The monoisotopic (exact) mass is 287 g/mol. The van der Waals surface area contributed by atoms with E-state index < -0.39 is 0 Å². The van der Waals surface area contributed by atoms with Gasteiger partial charge in [-0.2, -0.15) is 0 Å². The van der Waals surface area contributed by atoms with Crippen molar-refractivity contribution in [3.05, 3.63) is 48.0 Å². The third-order valence-electron chi connectivity index (χ3n) is 4.43. The number of hydrogen-bond donors (Lipinski definition) is 0. The number of likely N-dealkylation sites (tertiary alicyclic amines) is 1. The molecular weight excluding hydrogens is 266 g/mol. The van der Waals surface area contributed by atoms with Crippen molar-refractivity contribution in [1.82, 2.24) is 4.90 Å². The van der Waals surface area contributed by atoms with Crippen LogP contribution in [0.15, 0.2) is 42.5 Å². The summed E-state index contributed by atoms with van der Waals surface area (Å²) in [6, 6.07) is 15.1. The summed E-state index contributed by atoms with van der Waals surface area (Å²) in [5, 5.41) is 2.66. The van der Waals surface area contributed by atoms with Crippen LogP contribution in [0.25, 0.3) is 10.8 Å². The first-order valence-electron chi connectivity index (χ1n) is 7.57. The topological polar surface area (TPSA) is 3.24 Å². The molecule has 0 bridgehead atoms. The predicted molar refractivity (Wildman–Crippen MR) is 87.4 cm³/mol. The standard InChI is InChI=1S/C18H22ClN/c1-14-8-10-20(11-9-14)13-18(19)17-7-6-15-4-2-3-5-16(15)12-17/h2-7,12,14,18H,8-11,13H2,1H3. The molecule has 0 saturated carbocycles. The van der Waals surface area contributed by atoms with Crippen molar-refractivity contribution in [3.63, 3.8) is 0 Å². The second-order valence-electron chi connectivity index (χ2n) is 6.06. The molecule has 1 saturated heterocycles. The predicted octanol–water partition coefficient (Wildman–Crippen LogP) is 4.85. The molecule has 0 spiro atoms. The number of piperidine rings is 1. The van der Waals surface area contributed by atoms with E-state index in [0.717, 1.165) is 12.5 Å². The lowest BCUT2D eigenvalue weighted by Crippen LogP contribution is -2.35. The average Bonchev–Trinajstić information content (AvgIpc) is 2.49. The summed E-state index contributed by atoms with van der Waals surface area (Å²) in [5.74, 6) is 0.876. The Bertz CT molecular complexity index is 572. The molecule has 0 aromatic heterocycles. The SMILES string of the molecule is CC1CCN(CC(Cl)c2ccc3ccccc3c2)CC1. The molecule has 2 aromatic carbocycles. The molecule has 0 amide bonds. The van der Waals surface area contributed by atoms with Crippen LogP contribution in [-0.4, -0.2) is 24.5 Å². The second kappa shape index (κ2) is 6.15. The molecule has 1 nitrogen and oxygen atoms in total. The minimum Gasteiger partial charge on any atom is -0.302 e. The fourth-order valence-electron chi connectivity index (χ4n) is 2.98. The van der Waals surface area contributed by atoms with Gasteiger partial charge < -0.3 is 4.90 Å². The summed E-state index contributed by atoms with van der Waals surface area (Å²) in [4.78, 5) is 2.51. The highest BCUT2D eigenvalue weighted by atomic mass is 35.5. The maximum absolute atomic E-state index is 6.63. The average molecular weight is 288 g/mol. The molecular formula is C18H22ClN. The molecule has 2 heteroatoms. The first-order valence-corrected chi connectivity index (χ1v) is 8.01. The van der Waals surface area contributed by atoms with Crippen molar-refractivity contribution >= 4 is 22.4 Å². The van der Waals surface area contributed by atoms with Gasteiger partial charge in [-0.15, -0.1) is 11.6 Å². The van der Waals surface area contributed by atoms with Gasteiger partial charge in [0.05, 0.1) is 5.38 Å². The van der Waals surface area contributed by atoms with Crippen LogP contribution < -0.4 is 0 Å². The highest BCUT2D eigenvalue weighted by Gasteiger charge is 2.19. The maximum atomic E-state index is 6.63. The quantitative estimate of drug-likeness (QED) is 0.729. The number of halogens is 1.